The Morgan fingerprint density at radius 1 is 1.34 bits per heavy atom. The summed E-state index contributed by atoms with van der Waals surface area (Å²) < 4.78 is 11.1. The lowest BCUT2D eigenvalue weighted by Gasteiger charge is -2.28. The molecule has 180 valence electrons. The van der Waals surface area contributed by atoms with Crippen molar-refractivity contribution in [3.05, 3.63) is 58.5 Å². The number of carbonyl (C=O) groups excluding carboxylic acids is 1. The second-order valence-corrected chi connectivity index (χ2v) is 8.85. The average Bonchev–Trinajstić information content (AvgIpc) is 3.23. The van der Waals surface area contributed by atoms with E-state index in [-0.39, 0.29) is 11.9 Å². The van der Waals surface area contributed by atoms with E-state index in [0.717, 1.165) is 29.1 Å². The Balaban J connectivity index is 1.62. The van der Waals surface area contributed by atoms with Gasteiger partial charge in [0.15, 0.2) is 5.75 Å². The molecule has 2 aromatic heterocycles. The lowest BCUT2D eigenvalue weighted by atomic mass is 10.0. The average molecular weight is 492 g/mol. The molecule has 0 spiro atoms. The third-order valence-corrected chi connectivity index (χ3v) is 6.55. The fraction of sp³-hybridized carbons (Fsp3) is 0.308. The van der Waals surface area contributed by atoms with Crippen molar-refractivity contribution in [2.75, 3.05) is 45.8 Å². The second kappa shape index (κ2) is 10.0. The van der Waals surface area contributed by atoms with Crippen LogP contribution in [0, 0.1) is 11.8 Å². The van der Waals surface area contributed by atoms with E-state index in [1.807, 2.05) is 25.2 Å². The monoisotopic (exact) mass is 491 g/mol. The van der Waals surface area contributed by atoms with Crippen LogP contribution in [-0.2, 0) is 11.2 Å². The molecule has 2 aliphatic rings. The summed E-state index contributed by atoms with van der Waals surface area (Å²) in [6, 6.07) is 7.36. The summed E-state index contributed by atoms with van der Waals surface area (Å²) in [5.41, 5.74) is 5.10. The van der Waals surface area contributed by atoms with Crippen molar-refractivity contribution in [1.29, 1.82) is 0 Å². The molecular formula is C26H26ClN5O3. The summed E-state index contributed by atoms with van der Waals surface area (Å²) in [6.07, 6.45) is 4.16. The SMILES string of the molecule is COc1c(Cl)cccc1Nc1c(-c2ccncc2C#C[C@H]2COCCN2C)[nH]c2c1C(=O)NCC2. The number of pyridine rings is 1. The number of methoxy groups -OCH3 is 1. The van der Waals surface area contributed by atoms with Crippen molar-refractivity contribution in [3.63, 3.8) is 0 Å². The zero-order chi connectivity index (χ0) is 24.4. The summed E-state index contributed by atoms with van der Waals surface area (Å²) in [5.74, 6) is 6.98. The van der Waals surface area contributed by atoms with Crippen molar-refractivity contribution in [2.24, 2.45) is 0 Å². The molecular weight excluding hydrogens is 466 g/mol. The number of para-hydroxylation sites is 1. The van der Waals surface area contributed by atoms with Crippen molar-refractivity contribution in [2.45, 2.75) is 12.5 Å². The number of aromatic nitrogens is 2. The molecule has 1 fully saturated rings. The molecule has 3 N–H and O–H groups in total. The van der Waals surface area contributed by atoms with Crippen molar-refractivity contribution in [1.82, 2.24) is 20.2 Å². The second-order valence-electron chi connectivity index (χ2n) is 8.44. The number of hydrogen-bond acceptors (Lipinski definition) is 6. The summed E-state index contributed by atoms with van der Waals surface area (Å²) in [5, 5.41) is 6.83. The number of anilines is 2. The molecule has 9 heteroatoms. The van der Waals surface area contributed by atoms with Crippen LogP contribution in [0.2, 0.25) is 5.02 Å². The van der Waals surface area contributed by atoms with Crippen LogP contribution >= 0.6 is 11.6 Å². The molecule has 2 aliphatic heterocycles. The summed E-state index contributed by atoms with van der Waals surface area (Å²) >= 11 is 6.36. The van der Waals surface area contributed by atoms with Crippen LogP contribution in [-0.4, -0.2) is 67.3 Å². The van der Waals surface area contributed by atoms with Crippen LogP contribution < -0.4 is 15.4 Å². The number of morpholine rings is 1. The maximum atomic E-state index is 12.9. The van der Waals surface area contributed by atoms with Crippen molar-refractivity contribution >= 4 is 28.9 Å². The van der Waals surface area contributed by atoms with Gasteiger partial charge in [0.25, 0.3) is 5.91 Å². The molecule has 1 aromatic carbocycles. The maximum absolute atomic E-state index is 12.9. The molecule has 0 radical (unpaired) electrons. The first-order valence-electron chi connectivity index (χ1n) is 11.4. The minimum absolute atomic E-state index is 0.00717. The van der Waals surface area contributed by atoms with Crippen LogP contribution in [0.4, 0.5) is 11.4 Å². The Labute approximate surface area is 209 Å². The van der Waals surface area contributed by atoms with Gasteiger partial charge < -0.3 is 25.1 Å². The minimum atomic E-state index is -0.139. The zero-order valence-corrected chi connectivity index (χ0v) is 20.3. The fourth-order valence-corrected chi connectivity index (χ4v) is 4.62. The van der Waals surface area contributed by atoms with E-state index >= 15 is 0 Å². The number of aromatic amines is 1. The zero-order valence-electron chi connectivity index (χ0n) is 19.6. The number of fused-ring (bicyclic) bond motifs is 1. The summed E-state index contributed by atoms with van der Waals surface area (Å²) in [4.78, 5) is 22.9. The van der Waals surface area contributed by atoms with Crippen molar-refractivity contribution < 1.29 is 14.3 Å². The number of carbonyl (C=O) groups is 1. The molecule has 1 atom stereocenters. The Morgan fingerprint density at radius 3 is 3.06 bits per heavy atom. The smallest absolute Gasteiger partial charge is 0.255 e. The molecule has 0 unspecified atom stereocenters. The van der Waals surface area contributed by atoms with Gasteiger partial charge in [0.2, 0.25) is 0 Å². The fourth-order valence-electron chi connectivity index (χ4n) is 4.37. The number of rotatable bonds is 4. The first-order chi connectivity index (χ1) is 17.1. The molecule has 1 amide bonds. The maximum Gasteiger partial charge on any atom is 0.255 e. The van der Waals surface area contributed by atoms with E-state index in [1.165, 1.54) is 0 Å². The van der Waals surface area contributed by atoms with Gasteiger partial charge >= 0.3 is 0 Å². The highest BCUT2D eigenvalue weighted by Crippen LogP contribution is 2.41. The Morgan fingerprint density at radius 2 is 2.23 bits per heavy atom. The molecule has 0 bridgehead atoms. The Hall–Kier alpha value is -3.51. The van der Waals surface area contributed by atoms with Crippen LogP contribution in [0.5, 0.6) is 5.75 Å². The standard InChI is InChI=1S/C26H26ClN5O3/c1-32-12-13-35-15-17(32)7-6-16-14-28-10-8-18(16)23-24(22-20(30-23)9-11-29-26(22)33)31-21-5-3-4-19(27)25(21)34-2/h3-5,8,10,14,17,30-31H,9,11-13,15H2,1-2H3,(H,29,33)/t17-/m0/s1. The highest BCUT2D eigenvalue weighted by molar-refractivity contribution is 6.32. The molecule has 8 nitrogen and oxygen atoms in total. The number of hydrogen-bond donors (Lipinski definition) is 3. The van der Waals surface area contributed by atoms with E-state index in [1.54, 1.807) is 25.6 Å². The molecule has 1 saturated heterocycles. The topological polar surface area (TPSA) is 91.5 Å². The minimum Gasteiger partial charge on any atom is -0.493 e. The number of likely N-dealkylation sites (N-methyl/N-ethyl adjacent to an activating group) is 1. The highest BCUT2D eigenvalue weighted by atomic mass is 35.5. The molecule has 35 heavy (non-hydrogen) atoms. The third-order valence-electron chi connectivity index (χ3n) is 6.26. The van der Waals surface area contributed by atoms with Gasteiger partial charge in [0.1, 0.15) is 0 Å². The molecule has 0 saturated carbocycles. The van der Waals surface area contributed by atoms with Gasteiger partial charge in [-0.25, -0.2) is 0 Å². The lowest BCUT2D eigenvalue weighted by Crippen LogP contribution is -2.41. The Kier molecular flexibility index (Phi) is 6.64. The van der Waals surface area contributed by atoms with Gasteiger partial charge in [0, 0.05) is 43.2 Å². The van der Waals surface area contributed by atoms with E-state index in [2.05, 4.69) is 37.3 Å². The van der Waals surface area contributed by atoms with Gasteiger partial charge in [-0.2, -0.15) is 0 Å². The number of ether oxygens (including phenoxy) is 2. The predicted octanol–water partition coefficient (Wildman–Crippen LogP) is 3.45. The number of H-pyrrole nitrogens is 1. The largest absolute Gasteiger partial charge is 0.493 e. The van der Waals surface area contributed by atoms with Gasteiger partial charge in [-0.3, -0.25) is 14.7 Å². The molecule has 5 rings (SSSR count). The number of nitrogens with one attached hydrogen (secondary N) is 3. The number of benzene rings is 1. The van der Waals surface area contributed by atoms with E-state index < -0.39 is 0 Å². The predicted molar refractivity (Wildman–Crippen MR) is 135 cm³/mol. The van der Waals surface area contributed by atoms with Gasteiger partial charge in [-0.1, -0.05) is 29.5 Å². The van der Waals surface area contributed by atoms with Crippen LogP contribution in [0.25, 0.3) is 11.3 Å². The quantitative estimate of drug-likeness (QED) is 0.484. The van der Waals surface area contributed by atoms with Crippen LogP contribution in [0.15, 0.2) is 36.7 Å². The van der Waals surface area contributed by atoms with Crippen molar-refractivity contribution in [3.8, 4) is 28.8 Å². The van der Waals surface area contributed by atoms with Gasteiger partial charge in [-0.05, 0) is 25.2 Å². The Bertz CT molecular complexity index is 1330. The van der Waals surface area contributed by atoms with Gasteiger partial charge in [0.05, 0.1) is 59.6 Å². The van der Waals surface area contributed by atoms with E-state index in [4.69, 9.17) is 21.1 Å². The van der Waals surface area contributed by atoms with Crippen LogP contribution in [0.1, 0.15) is 21.6 Å². The number of nitrogens with zero attached hydrogens (tertiary/aromatic N) is 2. The summed E-state index contributed by atoms with van der Waals surface area (Å²) in [7, 11) is 3.61. The molecule has 0 aliphatic carbocycles. The molecule has 4 heterocycles. The van der Waals surface area contributed by atoms with E-state index in [0.29, 0.717) is 53.9 Å². The lowest BCUT2D eigenvalue weighted by molar-refractivity contribution is 0.0267. The third kappa shape index (κ3) is 4.58. The van der Waals surface area contributed by atoms with E-state index in [9.17, 15) is 4.79 Å². The summed E-state index contributed by atoms with van der Waals surface area (Å²) in [6.45, 7) is 2.69. The normalized spacial score (nSPS) is 17.7. The number of amides is 1. The highest BCUT2D eigenvalue weighted by Gasteiger charge is 2.28. The van der Waals surface area contributed by atoms with Gasteiger partial charge in [-0.15, -0.1) is 0 Å². The van der Waals surface area contributed by atoms with Crippen LogP contribution in [0.3, 0.4) is 0 Å². The number of halogens is 1. The first kappa shape index (κ1) is 23.2. The molecule has 3 aromatic rings. The first-order valence-corrected chi connectivity index (χ1v) is 11.8.